The Balaban J connectivity index is 2.39. The monoisotopic (exact) mass is 274 g/mol. The third-order valence-corrected chi connectivity index (χ3v) is 4.31. The summed E-state index contributed by atoms with van der Waals surface area (Å²) in [6.45, 7) is 6.62. The summed E-state index contributed by atoms with van der Waals surface area (Å²) in [7, 11) is 0. The molecule has 0 aliphatic heterocycles. The first kappa shape index (κ1) is 12.4. The zero-order valence-electron chi connectivity index (χ0n) is 12.6. The smallest absolute Gasteiger partial charge is 0.145 e. The minimum Gasteiger partial charge on any atom is -0.296 e. The standard InChI is InChI=1S/C19H18N2/c1-12(2)17-11-20-19-15-9-6-7-13(3)18(15)14-8-4-5-10-16(14)21(17)19/h4-12H,1-3H3. The van der Waals surface area contributed by atoms with E-state index in [-0.39, 0.29) is 0 Å². The molecule has 0 atom stereocenters. The summed E-state index contributed by atoms with van der Waals surface area (Å²) in [4.78, 5) is 4.72. The number of pyridine rings is 1. The molecule has 0 fully saturated rings. The fraction of sp³-hybridized carbons (Fsp3) is 0.211. The Morgan fingerprint density at radius 3 is 2.52 bits per heavy atom. The molecule has 2 aromatic heterocycles. The Labute approximate surface area is 124 Å². The zero-order valence-corrected chi connectivity index (χ0v) is 12.6. The van der Waals surface area contributed by atoms with Crippen molar-refractivity contribution in [3.63, 3.8) is 0 Å². The second-order valence-electron chi connectivity index (χ2n) is 6.01. The van der Waals surface area contributed by atoms with Gasteiger partial charge in [0, 0.05) is 22.7 Å². The number of para-hydroxylation sites is 1. The average molecular weight is 274 g/mol. The van der Waals surface area contributed by atoms with Gasteiger partial charge in [-0.05, 0) is 29.9 Å². The van der Waals surface area contributed by atoms with Crippen LogP contribution in [-0.2, 0) is 0 Å². The van der Waals surface area contributed by atoms with E-state index in [1.807, 2.05) is 6.20 Å². The molecule has 0 N–H and O–H groups in total. The molecule has 2 aromatic carbocycles. The zero-order chi connectivity index (χ0) is 14.6. The Bertz CT molecular complexity index is 977. The molecule has 2 nitrogen and oxygen atoms in total. The van der Waals surface area contributed by atoms with Crippen LogP contribution in [0.4, 0.5) is 0 Å². The highest BCUT2D eigenvalue weighted by Gasteiger charge is 2.15. The van der Waals surface area contributed by atoms with Crippen LogP contribution in [0.15, 0.2) is 48.7 Å². The number of fused-ring (bicyclic) bond motifs is 6. The van der Waals surface area contributed by atoms with E-state index in [1.54, 1.807) is 0 Å². The Morgan fingerprint density at radius 2 is 1.71 bits per heavy atom. The minimum absolute atomic E-state index is 0.450. The molecule has 0 aliphatic rings. The van der Waals surface area contributed by atoms with Gasteiger partial charge in [-0.3, -0.25) is 4.40 Å². The van der Waals surface area contributed by atoms with Crippen LogP contribution in [0.1, 0.15) is 31.0 Å². The molecule has 0 unspecified atom stereocenters. The molecule has 0 saturated carbocycles. The first-order valence-electron chi connectivity index (χ1n) is 7.46. The number of nitrogens with zero attached hydrogens (tertiary/aromatic N) is 2. The van der Waals surface area contributed by atoms with Gasteiger partial charge < -0.3 is 0 Å². The van der Waals surface area contributed by atoms with Crippen molar-refractivity contribution < 1.29 is 0 Å². The molecule has 0 aliphatic carbocycles. The second kappa shape index (κ2) is 4.32. The maximum Gasteiger partial charge on any atom is 0.145 e. The van der Waals surface area contributed by atoms with Crippen molar-refractivity contribution in [3.8, 4) is 0 Å². The number of aryl methyl sites for hydroxylation is 1. The molecule has 0 bridgehead atoms. The van der Waals surface area contributed by atoms with Crippen molar-refractivity contribution >= 4 is 27.3 Å². The van der Waals surface area contributed by atoms with Gasteiger partial charge in [-0.25, -0.2) is 4.98 Å². The summed E-state index contributed by atoms with van der Waals surface area (Å²) in [5.41, 5.74) is 4.89. The molecule has 2 heterocycles. The van der Waals surface area contributed by atoms with E-state index in [0.29, 0.717) is 5.92 Å². The predicted molar refractivity (Wildman–Crippen MR) is 89.0 cm³/mol. The van der Waals surface area contributed by atoms with Crippen LogP contribution in [0.2, 0.25) is 0 Å². The Hall–Kier alpha value is -2.35. The highest BCUT2D eigenvalue weighted by molar-refractivity contribution is 6.13. The SMILES string of the molecule is Cc1cccc2c1c1ccccc1n1c(C(C)C)cnc21. The van der Waals surface area contributed by atoms with Crippen LogP contribution in [-0.4, -0.2) is 9.38 Å². The number of aromatic nitrogens is 2. The van der Waals surface area contributed by atoms with Gasteiger partial charge in [-0.2, -0.15) is 0 Å². The van der Waals surface area contributed by atoms with E-state index in [9.17, 15) is 0 Å². The maximum atomic E-state index is 4.72. The summed E-state index contributed by atoms with van der Waals surface area (Å²) < 4.78 is 2.32. The second-order valence-corrected chi connectivity index (χ2v) is 6.01. The van der Waals surface area contributed by atoms with Crippen molar-refractivity contribution in [2.45, 2.75) is 26.7 Å². The topological polar surface area (TPSA) is 17.3 Å². The highest BCUT2D eigenvalue weighted by atomic mass is 15.0. The van der Waals surface area contributed by atoms with Crippen LogP contribution in [0.3, 0.4) is 0 Å². The number of rotatable bonds is 1. The normalized spacial score (nSPS) is 12.0. The van der Waals surface area contributed by atoms with E-state index < -0.39 is 0 Å². The maximum absolute atomic E-state index is 4.72. The molecular weight excluding hydrogens is 256 g/mol. The quantitative estimate of drug-likeness (QED) is 0.443. The summed E-state index contributed by atoms with van der Waals surface area (Å²) in [5, 5.41) is 3.86. The third-order valence-electron chi connectivity index (χ3n) is 4.31. The number of benzene rings is 2. The van der Waals surface area contributed by atoms with E-state index in [0.717, 1.165) is 5.65 Å². The summed E-state index contributed by atoms with van der Waals surface area (Å²) in [5.74, 6) is 0.450. The van der Waals surface area contributed by atoms with Crippen molar-refractivity contribution in [3.05, 3.63) is 59.9 Å². The van der Waals surface area contributed by atoms with E-state index in [4.69, 9.17) is 4.98 Å². The van der Waals surface area contributed by atoms with Gasteiger partial charge in [0.2, 0.25) is 0 Å². The summed E-state index contributed by atoms with van der Waals surface area (Å²) in [6.07, 6.45) is 2.02. The fourth-order valence-corrected chi connectivity index (χ4v) is 3.31. The molecule has 0 saturated heterocycles. The number of hydrogen-bond acceptors (Lipinski definition) is 1. The first-order chi connectivity index (χ1) is 10.2. The lowest BCUT2D eigenvalue weighted by Crippen LogP contribution is -1.98. The lowest BCUT2D eigenvalue weighted by molar-refractivity contribution is 0.818. The van der Waals surface area contributed by atoms with Crippen molar-refractivity contribution in [1.29, 1.82) is 0 Å². The van der Waals surface area contributed by atoms with Crippen molar-refractivity contribution in [2.24, 2.45) is 0 Å². The molecule has 104 valence electrons. The Morgan fingerprint density at radius 1 is 0.952 bits per heavy atom. The minimum atomic E-state index is 0.450. The number of hydrogen-bond donors (Lipinski definition) is 0. The molecule has 21 heavy (non-hydrogen) atoms. The lowest BCUT2D eigenvalue weighted by Gasteiger charge is -2.13. The molecule has 0 spiro atoms. The first-order valence-corrected chi connectivity index (χ1v) is 7.46. The number of imidazole rings is 1. The van der Waals surface area contributed by atoms with E-state index in [2.05, 4.69) is 67.6 Å². The van der Waals surface area contributed by atoms with Gasteiger partial charge >= 0.3 is 0 Å². The van der Waals surface area contributed by atoms with Crippen molar-refractivity contribution in [2.75, 3.05) is 0 Å². The lowest BCUT2D eigenvalue weighted by atomic mass is 10.0. The molecule has 0 radical (unpaired) electrons. The van der Waals surface area contributed by atoms with E-state index in [1.165, 1.54) is 32.9 Å². The van der Waals surface area contributed by atoms with Gasteiger partial charge in [0.25, 0.3) is 0 Å². The third kappa shape index (κ3) is 1.62. The van der Waals surface area contributed by atoms with Crippen LogP contribution >= 0.6 is 0 Å². The van der Waals surface area contributed by atoms with Gasteiger partial charge in [-0.15, -0.1) is 0 Å². The molecule has 0 amide bonds. The summed E-state index contributed by atoms with van der Waals surface area (Å²) >= 11 is 0. The van der Waals surface area contributed by atoms with Crippen LogP contribution < -0.4 is 0 Å². The molecule has 2 heteroatoms. The van der Waals surface area contributed by atoms with Gasteiger partial charge in [0.05, 0.1) is 5.52 Å². The van der Waals surface area contributed by atoms with Crippen molar-refractivity contribution in [1.82, 2.24) is 9.38 Å². The molecule has 4 aromatic rings. The molecule has 4 rings (SSSR count). The Kier molecular flexibility index (Phi) is 2.55. The van der Waals surface area contributed by atoms with Crippen LogP contribution in [0.5, 0.6) is 0 Å². The fourth-order valence-electron chi connectivity index (χ4n) is 3.31. The van der Waals surface area contributed by atoms with E-state index >= 15 is 0 Å². The molecular formula is C19H18N2. The van der Waals surface area contributed by atoms with Crippen LogP contribution in [0.25, 0.3) is 27.3 Å². The van der Waals surface area contributed by atoms with Gasteiger partial charge in [0.1, 0.15) is 5.65 Å². The van der Waals surface area contributed by atoms with Crippen LogP contribution in [0, 0.1) is 6.92 Å². The van der Waals surface area contributed by atoms with Gasteiger partial charge in [-0.1, -0.05) is 50.2 Å². The highest BCUT2D eigenvalue weighted by Crippen LogP contribution is 2.33. The average Bonchev–Trinajstić information content (AvgIpc) is 2.93. The predicted octanol–water partition coefficient (Wildman–Crippen LogP) is 5.07. The summed E-state index contributed by atoms with van der Waals surface area (Å²) in [6, 6.07) is 15.1. The largest absolute Gasteiger partial charge is 0.296 e. The van der Waals surface area contributed by atoms with Gasteiger partial charge in [0.15, 0.2) is 0 Å².